The molecule has 2 aliphatic rings. The Balaban J connectivity index is 2.01. The lowest BCUT2D eigenvalue weighted by molar-refractivity contribution is -0.000905. The van der Waals surface area contributed by atoms with E-state index in [2.05, 4.69) is 5.32 Å². The lowest BCUT2D eigenvalue weighted by Crippen LogP contribution is -2.53. The number of hydrogen-bond acceptors (Lipinski definition) is 4. The number of ether oxygens (including phenoxy) is 1. The van der Waals surface area contributed by atoms with Crippen molar-refractivity contribution >= 4 is 10.2 Å². The van der Waals surface area contributed by atoms with Gasteiger partial charge in [0.15, 0.2) is 0 Å². The molecule has 1 unspecified atom stereocenters. The first-order valence-corrected chi connectivity index (χ1v) is 8.55. The minimum Gasteiger partial charge on any atom is -0.374 e. The summed E-state index contributed by atoms with van der Waals surface area (Å²) in [6.07, 6.45) is 4.18. The SMILES string of the molecule is CNCC1CN(S(=O)(=O)N2CCCCCC2)CCO1. The van der Waals surface area contributed by atoms with Crippen LogP contribution in [0, 0.1) is 0 Å². The van der Waals surface area contributed by atoms with Crippen molar-refractivity contribution in [3.05, 3.63) is 0 Å². The average molecular weight is 291 g/mol. The molecule has 2 saturated heterocycles. The number of morpholine rings is 1. The molecule has 1 atom stereocenters. The van der Waals surface area contributed by atoms with E-state index in [9.17, 15) is 8.42 Å². The molecule has 0 aromatic heterocycles. The summed E-state index contributed by atoms with van der Waals surface area (Å²) in [5.74, 6) is 0. The molecule has 6 nitrogen and oxygen atoms in total. The van der Waals surface area contributed by atoms with Gasteiger partial charge in [0.2, 0.25) is 0 Å². The number of nitrogens with one attached hydrogen (secondary N) is 1. The van der Waals surface area contributed by atoms with Crippen LogP contribution in [0.2, 0.25) is 0 Å². The van der Waals surface area contributed by atoms with Gasteiger partial charge in [-0.15, -0.1) is 0 Å². The zero-order valence-corrected chi connectivity index (χ0v) is 12.5. The molecule has 2 heterocycles. The highest BCUT2D eigenvalue weighted by Crippen LogP contribution is 2.18. The molecule has 0 saturated carbocycles. The van der Waals surface area contributed by atoms with Crippen LogP contribution in [0.5, 0.6) is 0 Å². The first kappa shape index (κ1) is 15.2. The van der Waals surface area contributed by atoms with E-state index in [1.165, 1.54) is 0 Å². The zero-order valence-electron chi connectivity index (χ0n) is 11.7. The molecule has 7 heteroatoms. The van der Waals surface area contributed by atoms with Crippen LogP contribution in [0.3, 0.4) is 0 Å². The molecule has 0 bridgehead atoms. The quantitative estimate of drug-likeness (QED) is 0.794. The van der Waals surface area contributed by atoms with Gasteiger partial charge in [0.05, 0.1) is 12.7 Å². The highest BCUT2D eigenvalue weighted by atomic mass is 32.2. The predicted octanol–water partition coefficient (Wildman–Crippen LogP) is 0.0274. The Kier molecular flexibility index (Phi) is 5.58. The second kappa shape index (κ2) is 6.99. The third kappa shape index (κ3) is 3.88. The molecule has 1 N–H and O–H groups in total. The van der Waals surface area contributed by atoms with Gasteiger partial charge in [-0.05, 0) is 19.9 Å². The van der Waals surface area contributed by atoms with Crippen molar-refractivity contribution in [3.63, 3.8) is 0 Å². The number of nitrogens with zero attached hydrogens (tertiary/aromatic N) is 2. The van der Waals surface area contributed by atoms with Crippen molar-refractivity contribution in [2.45, 2.75) is 31.8 Å². The maximum atomic E-state index is 12.6. The van der Waals surface area contributed by atoms with E-state index in [-0.39, 0.29) is 6.10 Å². The smallest absolute Gasteiger partial charge is 0.282 e. The lowest BCUT2D eigenvalue weighted by Gasteiger charge is -2.35. The van der Waals surface area contributed by atoms with Gasteiger partial charge in [0.1, 0.15) is 0 Å². The molecule has 0 spiro atoms. The Morgan fingerprint density at radius 1 is 1.11 bits per heavy atom. The van der Waals surface area contributed by atoms with Gasteiger partial charge in [0, 0.05) is 32.7 Å². The van der Waals surface area contributed by atoms with Crippen LogP contribution in [0.25, 0.3) is 0 Å². The van der Waals surface area contributed by atoms with Gasteiger partial charge in [-0.3, -0.25) is 0 Å². The molecule has 0 aliphatic carbocycles. The van der Waals surface area contributed by atoms with Crippen molar-refractivity contribution in [1.82, 2.24) is 13.9 Å². The summed E-state index contributed by atoms with van der Waals surface area (Å²) < 4.78 is 34.0. The predicted molar refractivity (Wildman–Crippen MR) is 74.2 cm³/mol. The van der Waals surface area contributed by atoms with Crippen LogP contribution in [-0.2, 0) is 14.9 Å². The summed E-state index contributed by atoms with van der Waals surface area (Å²) in [6.45, 7) is 3.43. The normalized spacial score (nSPS) is 28.2. The first-order chi connectivity index (χ1) is 9.14. The van der Waals surface area contributed by atoms with E-state index in [4.69, 9.17) is 4.74 Å². The van der Waals surface area contributed by atoms with Crippen molar-refractivity contribution in [2.75, 3.05) is 46.4 Å². The van der Waals surface area contributed by atoms with Gasteiger partial charge >= 0.3 is 0 Å². The number of hydrogen-bond donors (Lipinski definition) is 1. The maximum absolute atomic E-state index is 12.6. The Morgan fingerprint density at radius 2 is 1.79 bits per heavy atom. The summed E-state index contributed by atoms with van der Waals surface area (Å²) >= 11 is 0. The van der Waals surface area contributed by atoms with Crippen LogP contribution in [0.1, 0.15) is 25.7 Å². The highest BCUT2D eigenvalue weighted by Gasteiger charge is 2.33. The molecule has 0 radical (unpaired) electrons. The third-order valence-electron chi connectivity index (χ3n) is 3.75. The maximum Gasteiger partial charge on any atom is 0.282 e. The minimum atomic E-state index is -3.30. The largest absolute Gasteiger partial charge is 0.374 e. The summed E-state index contributed by atoms with van der Waals surface area (Å²) in [7, 11) is -1.45. The van der Waals surface area contributed by atoms with Crippen molar-refractivity contribution in [3.8, 4) is 0 Å². The van der Waals surface area contributed by atoms with Crippen molar-refractivity contribution < 1.29 is 13.2 Å². The Bertz CT molecular complexity index is 364. The Morgan fingerprint density at radius 3 is 2.42 bits per heavy atom. The van der Waals surface area contributed by atoms with Gasteiger partial charge in [0.25, 0.3) is 10.2 Å². The zero-order chi connectivity index (χ0) is 13.7. The Hall–Kier alpha value is -0.210. The summed E-state index contributed by atoms with van der Waals surface area (Å²) in [5.41, 5.74) is 0. The van der Waals surface area contributed by atoms with Gasteiger partial charge in [-0.25, -0.2) is 0 Å². The Labute approximate surface area is 116 Å². The fourth-order valence-corrected chi connectivity index (χ4v) is 4.39. The first-order valence-electron chi connectivity index (χ1n) is 7.16. The van der Waals surface area contributed by atoms with E-state index in [0.717, 1.165) is 25.7 Å². The van der Waals surface area contributed by atoms with E-state index in [0.29, 0.717) is 39.3 Å². The monoisotopic (exact) mass is 291 g/mol. The van der Waals surface area contributed by atoms with Gasteiger partial charge < -0.3 is 10.1 Å². The standard InChI is InChI=1S/C12H25N3O3S/c1-13-10-12-11-15(8-9-18-12)19(16,17)14-6-4-2-3-5-7-14/h12-13H,2-11H2,1H3. The van der Waals surface area contributed by atoms with Crippen LogP contribution < -0.4 is 5.32 Å². The fraction of sp³-hybridized carbons (Fsp3) is 1.00. The van der Waals surface area contributed by atoms with Gasteiger partial charge in [-0.1, -0.05) is 12.8 Å². The molecular weight excluding hydrogens is 266 g/mol. The summed E-state index contributed by atoms with van der Waals surface area (Å²) in [5, 5.41) is 3.04. The third-order valence-corrected chi connectivity index (χ3v) is 5.75. The van der Waals surface area contributed by atoms with Crippen molar-refractivity contribution in [2.24, 2.45) is 0 Å². The van der Waals surface area contributed by atoms with E-state index < -0.39 is 10.2 Å². The fourth-order valence-electron chi connectivity index (χ4n) is 2.69. The molecule has 2 aliphatic heterocycles. The lowest BCUT2D eigenvalue weighted by atomic mass is 10.2. The molecule has 0 aromatic carbocycles. The van der Waals surface area contributed by atoms with Crippen LogP contribution in [-0.4, -0.2) is 69.5 Å². The van der Waals surface area contributed by atoms with E-state index >= 15 is 0 Å². The number of likely N-dealkylation sites (N-methyl/N-ethyl adjacent to an activating group) is 1. The van der Waals surface area contributed by atoms with E-state index in [1.54, 1.807) is 8.61 Å². The summed E-state index contributed by atoms with van der Waals surface area (Å²) in [4.78, 5) is 0. The molecule has 0 aromatic rings. The molecule has 19 heavy (non-hydrogen) atoms. The second-order valence-corrected chi connectivity index (χ2v) is 7.16. The number of rotatable bonds is 4. The van der Waals surface area contributed by atoms with Crippen LogP contribution >= 0.6 is 0 Å². The molecular formula is C12H25N3O3S. The molecule has 2 fully saturated rings. The van der Waals surface area contributed by atoms with Gasteiger partial charge in [-0.2, -0.15) is 17.0 Å². The minimum absolute atomic E-state index is 0.0412. The summed E-state index contributed by atoms with van der Waals surface area (Å²) in [6, 6.07) is 0. The molecule has 2 rings (SSSR count). The van der Waals surface area contributed by atoms with Crippen LogP contribution in [0.15, 0.2) is 0 Å². The second-order valence-electron chi connectivity index (χ2n) is 5.23. The average Bonchev–Trinajstić information content (AvgIpc) is 2.69. The highest BCUT2D eigenvalue weighted by molar-refractivity contribution is 7.86. The van der Waals surface area contributed by atoms with E-state index in [1.807, 2.05) is 7.05 Å². The molecule has 112 valence electrons. The topological polar surface area (TPSA) is 61.9 Å². The van der Waals surface area contributed by atoms with Crippen molar-refractivity contribution in [1.29, 1.82) is 0 Å². The van der Waals surface area contributed by atoms with Crippen LogP contribution in [0.4, 0.5) is 0 Å². The molecule has 0 amide bonds.